The van der Waals surface area contributed by atoms with E-state index in [-0.39, 0.29) is 25.7 Å². The van der Waals surface area contributed by atoms with Crippen LogP contribution in [-0.4, -0.2) is 96.7 Å². The fourth-order valence-corrected chi connectivity index (χ4v) is 13.7. The van der Waals surface area contributed by atoms with E-state index in [0.29, 0.717) is 25.7 Å². The van der Waals surface area contributed by atoms with Crippen LogP contribution in [0, 0.1) is 11.8 Å². The van der Waals surface area contributed by atoms with Gasteiger partial charge in [-0.05, 0) is 37.5 Å². The summed E-state index contributed by atoms with van der Waals surface area (Å²) in [5.41, 5.74) is 0. The quantitative estimate of drug-likeness (QED) is 0.0222. The largest absolute Gasteiger partial charge is 0.472 e. The van der Waals surface area contributed by atoms with Crippen molar-refractivity contribution in [2.24, 2.45) is 11.8 Å². The number of carbonyl (C=O) groups excluding carboxylic acids is 4. The lowest BCUT2D eigenvalue weighted by molar-refractivity contribution is -0.161. The van der Waals surface area contributed by atoms with E-state index in [1.807, 2.05) is 0 Å². The van der Waals surface area contributed by atoms with Gasteiger partial charge in [0, 0.05) is 25.7 Å². The second kappa shape index (κ2) is 70.7. The molecule has 0 aliphatic rings. The number of carbonyl (C=O) groups is 4. The fourth-order valence-electron chi connectivity index (χ4n) is 12.2. The van der Waals surface area contributed by atoms with Crippen LogP contribution in [0.1, 0.15) is 414 Å². The highest BCUT2D eigenvalue weighted by Crippen LogP contribution is 2.45. The molecule has 0 aromatic carbocycles. The summed E-state index contributed by atoms with van der Waals surface area (Å²) >= 11 is 0. The van der Waals surface area contributed by atoms with E-state index in [1.165, 1.54) is 231 Å². The van der Waals surface area contributed by atoms with Crippen molar-refractivity contribution >= 4 is 39.5 Å². The molecule has 98 heavy (non-hydrogen) atoms. The van der Waals surface area contributed by atoms with E-state index in [0.717, 1.165) is 102 Å². The van der Waals surface area contributed by atoms with Crippen LogP contribution in [0.3, 0.4) is 0 Å². The molecule has 17 nitrogen and oxygen atoms in total. The average Bonchev–Trinajstić information content (AvgIpc) is 1.14. The number of hydrogen-bond donors (Lipinski definition) is 3. The van der Waals surface area contributed by atoms with Gasteiger partial charge in [0.2, 0.25) is 0 Å². The summed E-state index contributed by atoms with van der Waals surface area (Å²) in [4.78, 5) is 72.9. The molecule has 0 aromatic heterocycles. The zero-order valence-corrected chi connectivity index (χ0v) is 65.9. The van der Waals surface area contributed by atoms with Gasteiger partial charge in [-0.25, -0.2) is 9.13 Å². The minimum Gasteiger partial charge on any atom is -0.462 e. The van der Waals surface area contributed by atoms with E-state index < -0.39 is 97.5 Å². The Morgan fingerprint density at radius 2 is 0.520 bits per heavy atom. The van der Waals surface area contributed by atoms with Gasteiger partial charge in [-0.15, -0.1) is 0 Å². The fraction of sp³-hybridized carbons (Fsp3) is 0.949. The van der Waals surface area contributed by atoms with Gasteiger partial charge in [-0.2, -0.15) is 0 Å². The summed E-state index contributed by atoms with van der Waals surface area (Å²) in [7, 11) is -9.91. The van der Waals surface area contributed by atoms with Crippen molar-refractivity contribution < 1.29 is 80.2 Å². The van der Waals surface area contributed by atoms with Crippen molar-refractivity contribution in [2.75, 3.05) is 39.6 Å². The second-order valence-corrected chi connectivity index (χ2v) is 32.1. The SMILES string of the molecule is CCCCCCCCCCCCCCCCCCCCCC(=O)OC[C@H](COP(=O)(O)OC[C@@H](O)COP(=O)(O)OC[C@@H](COC(=O)CCCCCCCCCCCC)OC(=O)CCCCCCCCC(C)CC)OC(=O)CCCCCCCCCCCCCCCCCCC(C)C. The van der Waals surface area contributed by atoms with Gasteiger partial charge >= 0.3 is 39.5 Å². The molecule has 0 saturated carbocycles. The van der Waals surface area contributed by atoms with Crippen LogP contribution in [0.15, 0.2) is 0 Å². The summed E-state index contributed by atoms with van der Waals surface area (Å²) in [6, 6.07) is 0. The number of hydrogen-bond acceptors (Lipinski definition) is 15. The van der Waals surface area contributed by atoms with Crippen LogP contribution in [0.25, 0.3) is 0 Å². The summed E-state index contributed by atoms with van der Waals surface area (Å²) in [6.07, 6.45) is 59.8. The van der Waals surface area contributed by atoms with Crippen LogP contribution in [0.4, 0.5) is 0 Å². The van der Waals surface area contributed by atoms with Gasteiger partial charge in [0.1, 0.15) is 19.3 Å². The van der Waals surface area contributed by atoms with Crippen LogP contribution in [0.2, 0.25) is 0 Å². The maximum Gasteiger partial charge on any atom is 0.472 e. The molecule has 0 radical (unpaired) electrons. The van der Waals surface area contributed by atoms with Crippen LogP contribution in [-0.2, 0) is 65.4 Å². The molecule has 0 saturated heterocycles. The Kier molecular flexibility index (Phi) is 69.3. The molecule has 0 amide bonds. The molecule has 582 valence electrons. The molecule has 19 heteroatoms. The number of ether oxygens (including phenoxy) is 4. The topological polar surface area (TPSA) is 237 Å². The van der Waals surface area contributed by atoms with Crippen molar-refractivity contribution in [3.05, 3.63) is 0 Å². The second-order valence-electron chi connectivity index (χ2n) is 29.2. The summed E-state index contributed by atoms with van der Waals surface area (Å²) in [6.45, 7) is 9.59. The van der Waals surface area contributed by atoms with Gasteiger partial charge in [0.15, 0.2) is 12.2 Å². The van der Waals surface area contributed by atoms with Crippen molar-refractivity contribution in [2.45, 2.75) is 432 Å². The molecule has 0 aromatic rings. The average molecular weight is 1440 g/mol. The highest BCUT2D eigenvalue weighted by atomic mass is 31.2. The molecule has 0 heterocycles. The van der Waals surface area contributed by atoms with Crippen molar-refractivity contribution in [1.29, 1.82) is 0 Å². The molecule has 3 unspecified atom stereocenters. The summed E-state index contributed by atoms with van der Waals surface area (Å²) in [5, 5.41) is 10.6. The maximum atomic E-state index is 13.1. The zero-order valence-electron chi connectivity index (χ0n) is 64.1. The number of aliphatic hydroxyl groups excluding tert-OH is 1. The zero-order chi connectivity index (χ0) is 72.1. The monoisotopic (exact) mass is 1440 g/mol. The van der Waals surface area contributed by atoms with E-state index in [1.54, 1.807) is 0 Å². The first kappa shape index (κ1) is 96.1. The Hall–Kier alpha value is -1.94. The lowest BCUT2D eigenvalue weighted by atomic mass is 10.00. The molecular weight excluding hydrogens is 1280 g/mol. The van der Waals surface area contributed by atoms with Crippen LogP contribution >= 0.6 is 15.6 Å². The third-order valence-corrected chi connectivity index (χ3v) is 20.7. The van der Waals surface area contributed by atoms with Crippen LogP contribution in [0.5, 0.6) is 0 Å². The minimum absolute atomic E-state index is 0.103. The molecule has 3 N–H and O–H groups in total. The Bertz CT molecular complexity index is 1890. The maximum absolute atomic E-state index is 13.1. The third-order valence-electron chi connectivity index (χ3n) is 18.8. The first-order valence-corrected chi connectivity index (χ1v) is 44.0. The van der Waals surface area contributed by atoms with E-state index in [9.17, 15) is 43.2 Å². The molecule has 0 aliphatic heterocycles. The highest BCUT2D eigenvalue weighted by Gasteiger charge is 2.30. The number of esters is 4. The van der Waals surface area contributed by atoms with Crippen molar-refractivity contribution in [3.8, 4) is 0 Å². The van der Waals surface area contributed by atoms with Gasteiger partial charge < -0.3 is 33.8 Å². The van der Waals surface area contributed by atoms with Gasteiger partial charge in [0.25, 0.3) is 0 Å². The normalized spacial score (nSPS) is 14.2. The van der Waals surface area contributed by atoms with Crippen LogP contribution < -0.4 is 0 Å². The van der Waals surface area contributed by atoms with E-state index in [4.69, 9.17) is 37.0 Å². The highest BCUT2D eigenvalue weighted by molar-refractivity contribution is 7.47. The van der Waals surface area contributed by atoms with Gasteiger partial charge in [0.05, 0.1) is 26.4 Å². The van der Waals surface area contributed by atoms with Crippen molar-refractivity contribution in [1.82, 2.24) is 0 Å². The first-order chi connectivity index (χ1) is 47.4. The standard InChI is InChI=1S/C79H154O17P2/c1-7-10-12-14-16-18-20-21-22-23-24-25-29-32-35-39-43-50-56-62-77(82)89-67-74(95-78(83)63-57-51-44-40-36-33-30-27-26-28-31-34-37-41-47-53-59-71(4)5)69-93-97(85,86)91-65-73(80)66-92-98(87,88)94-70-75(96-79(84)64-58-52-46-45-48-54-60-72(6)9-3)68-90-76(81)61-55-49-42-38-19-17-15-13-11-8-2/h71-75,80H,7-70H2,1-6H3,(H,85,86)(H,87,88)/t72?,73-,74-,75-/m1/s1. The first-order valence-electron chi connectivity index (χ1n) is 41.0. The Balaban J connectivity index is 5.20. The van der Waals surface area contributed by atoms with E-state index >= 15 is 0 Å². The Morgan fingerprint density at radius 3 is 0.776 bits per heavy atom. The number of rotatable bonds is 78. The molecule has 0 fully saturated rings. The molecular formula is C79H154O17P2. The van der Waals surface area contributed by atoms with Gasteiger partial charge in [-0.1, -0.05) is 363 Å². The van der Waals surface area contributed by atoms with Gasteiger partial charge in [-0.3, -0.25) is 37.3 Å². The molecule has 0 bridgehead atoms. The number of aliphatic hydroxyl groups is 1. The molecule has 0 aliphatic carbocycles. The Morgan fingerprint density at radius 1 is 0.296 bits per heavy atom. The summed E-state index contributed by atoms with van der Waals surface area (Å²) < 4.78 is 68.6. The number of unbranched alkanes of at least 4 members (excludes halogenated alkanes) is 47. The lowest BCUT2D eigenvalue weighted by Gasteiger charge is -2.21. The lowest BCUT2D eigenvalue weighted by Crippen LogP contribution is -2.30. The molecule has 0 rings (SSSR count). The predicted molar refractivity (Wildman–Crippen MR) is 400 cm³/mol. The number of phosphoric ester groups is 2. The Labute approximate surface area is 600 Å². The van der Waals surface area contributed by atoms with E-state index in [2.05, 4.69) is 41.5 Å². The number of phosphoric acid groups is 2. The summed E-state index contributed by atoms with van der Waals surface area (Å²) in [5.74, 6) is -0.586. The smallest absolute Gasteiger partial charge is 0.462 e. The molecule has 0 spiro atoms. The predicted octanol–water partition coefficient (Wildman–Crippen LogP) is 23.5. The minimum atomic E-state index is -4.96. The molecule has 6 atom stereocenters. The third kappa shape index (κ3) is 71.1. The van der Waals surface area contributed by atoms with Crippen molar-refractivity contribution in [3.63, 3.8) is 0 Å².